The van der Waals surface area contributed by atoms with Gasteiger partial charge in [0.15, 0.2) is 11.6 Å². The lowest BCUT2D eigenvalue weighted by Gasteiger charge is -2.37. The topological polar surface area (TPSA) is 94.2 Å². The van der Waals surface area contributed by atoms with Crippen LogP contribution in [0.3, 0.4) is 0 Å². The summed E-state index contributed by atoms with van der Waals surface area (Å²) in [7, 11) is 5.03. The molecule has 0 aromatic heterocycles. The third-order valence-corrected chi connectivity index (χ3v) is 7.23. The molecule has 3 unspecified atom stereocenters. The molecule has 37 heavy (non-hydrogen) atoms. The molecule has 5 atom stereocenters. The van der Waals surface area contributed by atoms with Gasteiger partial charge in [0.2, 0.25) is 11.8 Å². The molecule has 1 aromatic carbocycles. The summed E-state index contributed by atoms with van der Waals surface area (Å²) in [5, 5.41) is 5.80. The number of rotatable bonds is 7. The number of amides is 4. The van der Waals surface area contributed by atoms with Crippen LogP contribution < -0.4 is 15.4 Å². The molecule has 0 spiro atoms. The van der Waals surface area contributed by atoms with E-state index in [0.29, 0.717) is 19.5 Å². The number of nitrogens with zero attached hydrogens (tertiary/aromatic N) is 3. The highest BCUT2D eigenvalue weighted by molar-refractivity contribution is 5.90. The fourth-order valence-electron chi connectivity index (χ4n) is 5.07. The van der Waals surface area contributed by atoms with E-state index in [1.165, 1.54) is 11.0 Å². The molecule has 0 aliphatic carbocycles. The maximum atomic E-state index is 13.9. The summed E-state index contributed by atoms with van der Waals surface area (Å²) in [5.41, 5.74) is -0.562. The zero-order valence-corrected chi connectivity index (χ0v) is 22.7. The first-order valence-electron chi connectivity index (χ1n) is 12.6. The van der Waals surface area contributed by atoms with Crippen LogP contribution in [0.4, 0.5) is 13.6 Å². The van der Waals surface area contributed by atoms with E-state index in [0.717, 1.165) is 12.1 Å². The maximum Gasteiger partial charge on any atom is 0.319 e. The number of ether oxygens (including phenoxy) is 1. The van der Waals surface area contributed by atoms with Crippen molar-refractivity contribution in [1.29, 1.82) is 0 Å². The Hall–Kier alpha value is -2.95. The van der Waals surface area contributed by atoms with E-state index in [2.05, 4.69) is 10.6 Å². The zero-order chi connectivity index (χ0) is 27.7. The average molecular weight is 524 g/mol. The second kappa shape index (κ2) is 11.2. The quantitative estimate of drug-likeness (QED) is 0.571. The summed E-state index contributed by atoms with van der Waals surface area (Å²) >= 11 is 0. The summed E-state index contributed by atoms with van der Waals surface area (Å²) in [6, 6.07) is 1.35. The lowest BCUT2D eigenvalue weighted by Crippen LogP contribution is -2.59. The Morgan fingerprint density at radius 2 is 1.84 bits per heavy atom. The molecule has 0 saturated carbocycles. The summed E-state index contributed by atoms with van der Waals surface area (Å²) in [4.78, 5) is 44.6. The molecular weight excluding hydrogens is 484 g/mol. The molecule has 2 N–H and O–H groups in total. The highest BCUT2D eigenvalue weighted by atomic mass is 19.2. The molecule has 2 fully saturated rings. The van der Waals surface area contributed by atoms with E-state index in [9.17, 15) is 23.2 Å². The van der Waals surface area contributed by atoms with Gasteiger partial charge in [-0.15, -0.1) is 0 Å². The average Bonchev–Trinajstić information content (AvgIpc) is 3.41. The van der Waals surface area contributed by atoms with Crippen molar-refractivity contribution in [2.75, 3.05) is 40.8 Å². The standard InChI is InChI=1S/C26H39F2N5O4/c1-15(29-5)23(34)30-22(26(2,3)4)24(35)32-11-10-20-21(32)16(13-33(20)25(36)31(6)7)14-37-17-8-9-18(27)19(28)12-17/h8-9,12,15-16,20-22,29H,10-11,13-14H2,1-7H3,(H,30,34)/t15-,16+,20?,21?,22?/m0/s1. The van der Waals surface area contributed by atoms with Crippen molar-refractivity contribution in [2.45, 2.75) is 58.3 Å². The van der Waals surface area contributed by atoms with Crippen molar-refractivity contribution in [2.24, 2.45) is 11.3 Å². The Balaban J connectivity index is 1.87. The van der Waals surface area contributed by atoms with Crippen LogP contribution in [0.15, 0.2) is 18.2 Å². The number of nitrogens with one attached hydrogen (secondary N) is 2. The third-order valence-electron chi connectivity index (χ3n) is 7.23. The smallest absolute Gasteiger partial charge is 0.319 e. The van der Waals surface area contributed by atoms with Gasteiger partial charge in [-0.3, -0.25) is 9.59 Å². The molecule has 2 saturated heterocycles. The third kappa shape index (κ3) is 6.14. The van der Waals surface area contributed by atoms with Crippen LogP contribution in [-0.4, -0.2) is 97.6 Å². The molecule has 0 bridgehead atoms. The molecule has 11 heteroatoms. The number of halogens is 2. The summed E-state index contributed by atoms with van der Waals surface area (Å²) < 4.78 is 32.9. The van der Waals surface area contributed by atoms with Gasteiger partial charge in [0.25, 0.3) is 0 Å². The lowest BCUT2D eigenvalue weighted by molar-refractivity contribution is -0.141. The number of hydrogen-bond donors (Lipinski definition) is 2. The minimum Gasteiger partial charge on any atom is -0.493 e. The van der Waals surface area contributed by atoms with Crippen molar-refractivity contribution in [3.63, 3.8) is 0 Å². The first kappa shape index (κ1) is 28.6. The van der Waals surface area contributed by atoms with Crippen LogP contribution in [0.25, 0.3) is 0 Å². The van der Waals surface area contributed by atoms with Gasteiger partial charge in [0.1, 0.15) is 11.8 Å². The van der Waals surface area contributed by atoms with E-state index < -0.39 is 29.1 Å². The summed E-state index contributed by atoms with van der Waals surface area (Å²) in [5.74, 6) is -2.56. The molecule has 3 rings (SSSR count). The van der Waals surface area contributed by atoms with Crippen LogP contribution in [0.2, 0.25) is 0 Å². The monoisotopic (exact) mass is 523 g/mol. The Labute approximate surface area is 217 Å². The van der Waals surface area contributed by atoms with Crippen LogP contribution in [0, 0.1) is 23.0 Å². The number of likely N-dealkylation sites (N-methyl/N-ethyl adjacent to an activating group) is 1. The Morgan fingerprint density at radius 3 is 2.41 bits per heavy atom. The molecule has 2 heterocycles. The molecular formula is C26H39F2N5O4. The fraction of sp³-hybridized carbons (Fsp3) is 0.654. The molecule has 2 aliphatic heterocycles. The van der Waals surface area contributed by atoms with Crippen molar-refractivity contribution >= 4 is 17.8 Å². The Morgan fingerprint density at radius 1 is 1.16 bits per heavy atom. The molecule has 0 radical (unpaired) electrons. The molecule has 2 aliphatic rings. The van der Waals surface area contributed by atoms with Gasteiger partial charge in [-0.1, -0.05) is 20.8 Å². The molecule has 4 amide bonds. The number of fused-ring (bicyclic) bond motifs is 1. The predicted octanol–water partition coefficient (Wildman–Crippen LogP) is 2.07. The SMILES string of the molecule is CN[C@@H](C)C(=O)NC(C(=O)N1CCC2C1[C@@H](COc1ccc(F)c(F)c1)CN2C(=O)N(C)C)C(C)(C)C. The maximum absolute atomic E-state index is 13.9. The molecule has 206 valence electrons. The van der Waals surface area contributed by atoms with Gasteiger partial charge in [0, 0.05) is 39.2 Å². The Bertz CT molecular complexity index is 1020. The first-order valence-corrected chi connectivity index (χ1v) is 12.6. The molecule has 9 nitrogen and oxygen atoms in total. The largest absolute Gasteiger partial charge is 0.493 e. The van der Waals surface area contributed by atoms with E-state index in [1.54, 1.807) is 37.9 Å². The van der Waals surface area contributed by atoms with Gasteiger partial charge >= 0.3 is 6.03 Å². The Kier molecular flexibility index (Phi) is 8.66. The predicted molar refractivity (Wildman–Crippen MR) is 135 cm³/mol. The van der Waals surface area contributed by atoms with Crippen molar-refractivity contribution in [1.82, 2.24) is 25.3 Å². The van der Waals surface area contributed by atoms with E-state index >= 15 is 0 Å². The van der Waals surface area contributed by atoms with E-state index in [1.807, 2.05) is 20.8 Å². The highest BCUT2D eigenvalue weighted by Crippen LogP contribution is 2.38. The second-order valence-electron chi connectivity index (χ2n) is 11.2. The van der Waals surface area contributed by atoms with Crippen molar-refractivity contribution in [3.8, 4) is 5.75 Å². The minimum absolute atomic E-state index is 0.108. The molecule has 1 aromatic rings. The van der Waals surface area contributed by atoms with E-state index in [4.69, 9.17) is 4.74 Å². The van der Waals surface area contributed by atoms with Crippen LogP contribution in [0.1, 0.15) is 34.1 Å². The lowest BCUT2D eigenvalue weighted by atomic mass is 9.85. The number of hydrogen-bond acceptors (Lipinski definition) is 5. The highest BCUT2D eigenvalue weighted by Gasteiger charge is 2.53. The number of likely N-dealkylation sites (tertiary alicyclic amines) is 2. The van der Waals surface area contributed by atoms with Gasteiger partial charge < -0.3 is 30.1 Å². The summed E-state index contributed by atoms with van der Waals surface area (Å²) in [6.45, 7) is 8.30. The zero-order valence-electron chi connectivity index (χ0n) is 22.7. The van der Waals surface area contributed by atoms with Crippen molar-refractivity contribution in [3.05, 3.63) is 29.8 Å². The number of carbonyl (C=O) groups is 3. The van der Waals surface area contributed by atoms with Gasteiger partial charge in [-0.05, 0) is 37.9 Å². The van der Waals surface area contributed by atoms with Gasteiger partial charge in [-0.2, -0.15) is 0 Å². The fourth-order valence-corrected chi connectivity index (χ4v) is 5.07. The normalized spacial score (nSPS) is 22.9. The van der Waals surface area contributed by atoms with Gasteiger partial charge in [0.05, 0.1) is 24.7 Å². The second-order valence-corrected chi connectivity index (χ2v) is 11.2. The first-order chi connectivity index (χ1) is 17.3. The van der Waals surface area contributed by atoms with Crippen molar-refractivity contribution < 1.29 is 27.9 Å². The minimum atomic E-state index is -1.01. The van der Waals surface area contributed by atoms with E-state index in [-0.39, 0.29) is 48.2 Å². The number of carbonyl (C=O) groups excluding carboxylic acids is 3. The summed E-state index contributed by atoms with van der Waals surface area (Å²) in [6.07, 6.45) is 0.593. The number of urea groups is 1. The number of benzene rings is 1. The van der Waals surface area contributed by atoms with Crippen LogP contribution >= 0.6 is 0 Å². The van der Waals surface area contributed by atoms with Gasteiger partial charge in [-0.25, -0.2) is 13.6 Å². The van der Waals surface area contributed by atoms with Crippen LogP contribution in [0.5, 0.6) is 5.75 Å². The van der Waals surface area contributed by atoms with Crippen LogP contribution in [-0.2, 0) is 9.59 Å².